The van der Waals surface area contributed by atoms with Gasteiger partial charge in [-0.05, 0) is 29.8 Å². The molecule has 2 heterocycles. The molecule has 0 saturated carbocycles. The molecule has 0 atom stereocenters. The Labute approximate surface area is 190 Å². The SMILES string of the molecule is O=C(N/N=C/c1ccc(-n2ccnc2)cc1)c1cn(-c2ccccc2)nc1-c1ccccc1. The Hall–Kier alpha value is -4.78. The van der Waals surface area contributed by atoms with Gasteiger partial charge in [0.1, 0.15) is 5.69 Å². The molecule has 3 aromatic carbocycles. The third-order valence-corrected chi connectivity index (χ3v) is 5.10. The van der Waals surface area contributed by atoms with Crippen LogP contribution in [0.4, 0.5) is 0 Å². The van der Waals surface area contributed by atoms with Gasteiger partial charge in [0.2, 0.25) is 0 Å². The van der Waals surface area contributed by atoms with Crippen LogP contribution in [-0.4, -0.2) is 31.5 Å². The molecule has 7 nitrogen and oxygen atoms in total. The number of aromatic nitrogens is 4. The zero-order valence-electron chi connectivity index (χ0n) is 17.6. The molecule has 1 amide bonds. The van der Waals surface area contributed by atoms with E-state index < -0.39 is 0 Å². The van der Waals surface area contributed by atoms with Gasteiger partial charge in [-0.25, -0.2) is 15.1 Å². The van der Waals surface area contributed by atoms with Gasteiger partial charge in [0.15, 0.2) is 0 Å². The summed E-state index contributed by atoms with van der Waals surface area (Å²) in [4.78, 5) is 17.0. The van der Waals surface area contributed by atoms with E-state index in [4.69, 9.17) is 0 Å². The molecule has 7 heteroatoms. The lowest BCUT2D eigenvalue weighted by atomic mass is 10.1. The van der Waals surface area contributed by atoms with E-state index in [2.05, 4.69) is 20.6 Å². The first-order chi connectivity index (χ1) is 16.3. The Bertz CT molecular complexity index is 1370. The number of carbonyl (C=O) groups excluding carboxylic acids is 1. The van der Waals surface area contributed by atoms with Crippen molar-refractivity contribution in [1.29, 1.82) is 0 Å². The summed E-state index contributed by atoms with van der Waals surface area (Å²) in [5.74, 6) is -0.331. The minimum Gasteiger partial charge on any atom is -0.306 e. The summed E-state index contributed by atoms with van der Waals surface area (Å²) in [6.45, 7) is 0. The normalized spacial score (nSPS) is 11.0. The minimum absolute atomic E-state index is 0.331. The largest absolute Gasteiger partial charge is 0.306 e. The summed E-state index contributed by atoms with van der Waals surface area (Å²) < 4.78 is 3.62. The molecular weight excluding hydrogens is 412 g/mol. The van der Waals surface area contributed by atoms with Crippen LogP contribution in [0.3, 0.4) is 0 Å². The number of nitrogens with one attached hydrogen (secondary N) is 1. The number of nitrogens with zero attached hydrogens (tertiary/aromatic N) is 5. The van der Waals surface area contributed by atoms with Crippen LogP contribution in [0.5, 0.6) is 0 Å². The zero-order chi connectivity index (χ0) is 22.5. The summed E-state index contributed by atoms with van der Waals surface area (Å²) in [5.41, 5.74) is 7.25. The first kappa shape index (κ1) is 20.1. The van der Waals surface area contributed by atoms with Gasteiger partial charge in [-0.15, -0.1) is 0 Å². The monoisotopic (exact) mass is 432 g/mol. The molecule has 0 aliphatic carbocycles. The molecule has 0 radical (unpaired) electrons. The number of para-hydroxylation sites is 1. The standard InChI is InChI=1S/C26H20N6O/c33-26(29-28-17-20-11-13-22(14-12-20)31-16-15-27-19-31)24-18-32(23-9-5-2-6-10-23)30-25(24)21-7-3-1-4-8-21/h1-19H,(H,29,33)/b28-17+. The highest BCUT2D eigenvalue weighted by Crippen LogP contribution is 2.23. The lowest BCUT2D eigenvalue weighted by Gasteiger charge is -2.02. The highest BCUT2D eigenvalue weighted by molar-refractivity contribution is 6.00. The number of amides is 1. The number of hydrogen-bond donors (Lipinski definition) is 1. The maximum atomic E-state index is 13.0. The minimum atomic E-state index is -0.331. The van der Waals surface area contributed by atoms with E-state index in [9.17, 15) is 4.79 Å². The van der Waals surface area contributed by atoms with Crippen LogP contribution in [0.2, 0.25) is 0 Å². The fourth-order valence-corrected chi connectivity index (χ4v) is 3.43. The van der Waals surface area contributed by atoms with Crippen molar-refractivity contribution in [2.24, 2.45) is 5.10 Å². The number of benzene rings is 3. The molecule has 0 unspecified atom stereocenters. The Morgan fingerprint density at radius 1 is 0.879 bits per heavy atom. The van der Waals surface area contributed by atoms with Crippen molar-refractivity contribution >= 4 is 12.1 Å². The average molecular weight is 432 g/mol. The van der Waals surface area contributed by atoms with Crippen molar-refractivity contribution in [3.63, 3.8) is 0 Å². The van der Waals surface area contributed by atoms with Crippen molar-refractivity contribution in [3.8, 4) is 22.6 Å². The quantitative estimate of drug-likeness (QED) is 0.317. The summed E-state index contributed by atoms with van der Waals surface area (Å²) in [7, 11) is 0. The zero-order valence-corrected chi connectivity index (χ0v) is 17.6. The molecule has 0 aliphatic heterocycles. The molecule has 0 saturated heterocycles. The molecular formula is C26H20N6O. The molecule has 0 bridgehead atoms. The van der Waals surface area contributed by atoms with Crippen molar-refractivity contribution in [2.45, 2.75) is 0 Å². The Balaban J connectivity index is 1.37. The van der Waals surface area contributed by atoms with Crippen molar-refractivity contribution in [1.82, 2.24) is 24.8 Å². The van der Waals surface area contributed by atoms with Crippen LogP contribution in [-0.2, 0) is 0 Å². The van der Waals surface area contributed by atoms with Gasteiger partial charge < -0.3 is 4.57 Å². The molecule has 0 fully saturated rings. The summed E-state index contributed by atoms with van der Waals surface area (Å²) in [6.07, 6.45) is 8.68. The fourth-order valence-electron chi connectivity index (χ4n) is 3.43. The fraction of sp³-hybridized carbons (Fsp3) is 0. The van der Waals surface area contributed by atoms with Gasteiger partial charge >= 0.3 is 0 Å². The smallest absolute Gasteiger partial charge is 0.275 e. The lowest BCUT2D eigenvalue weighted by molar-refractivity contribution is 0.0955. The van der Waals surface area contributed by atoms with E-state index in [1.165, 1.54) is 0 Å². The van der Waals surface area contributed by atoms with E-state index in [0.717, 1.165) is 22.5 Å². The van der Waals surface area contributed by atoms with Gasteiger partial charge in [-0.2, -0.15) is 10.2 Å². The van der Waals surface area contributed by atoms with Gasteiger partial charge in [0, 0.05) is 29.8 Å². The van der Waals surface area contributed by atoms with Crippen LogP contribution >= 0.6 is 0 Å². The molecule has 160 valence electrons. The Kier molecular flexibility index (Phi) is 5.59. The van der Waals surface area contributed by atoms with Gasteiger partial charge in [-0.1, -0.05) is 60.7 Å². The third-order valence-electron chi connectivity index (χ3n) is 5.10. The van der Waals surface area contributed by atoms with Crippen LogP contribution < -0.4 is 5.43 Å². The second-order valence-corrected chi connectivity index (χ2v) is 7.30. The van der Waals surface area contributed by atoms with Crippen molar-refractivity contribution < 1.29 is 4.79 Å². The van der Waals surface area contributed by atoms with Crippen LogP contribution in [0.25, 0.3) is 22.6 Å². The summed E-state index contributed by atoms with van der Waals surface area (Å²) >= 11 is 0. The van der Waals surface area contributed by atoms with Crippen LogP contribution in [0, 0.1) is 0 Å². The predicted molar refractivity (Wildman–Crippen MR) is 128 cm³/mol. The van der Waals surface area contributed by atoms with E-state index >= 15 is 0 Å². The number of hydrazone groups is 1. The Morgan fingerprint density at radius 2 is 1.61 bits per heavy atom. The number of hydrogen-bond acceptors (Lipinski definition) is 4. The second-order valence-electron chi connectivity index (χ2n) is 7.30. The maximum absolute atomic E-state index is 13.0. The number of imidazole rings is 1. The highest BCUT2D eigenvalue weighted by atomic mass is 16.2. The Morgan fingerprint density at radius 3 is 2.30 bits per heavy atom. The van der Waals surface area contributed by atoms with Gasteiger partial charge in [0.25, 0.3) is 5.91 Å². The number of carbonyl (C=O) groups is 1. The van der Waals surface area contributed by atoms with E-state index in [1.807, 2.05) is 95.7 Å². The summed E-state index contributed by atoms with van der Waals surface area (Å²) in [5, 5.41) is 8.81. The van der Waals surface area contributed by atoms with E-state index in [1.54, 1.807) is 29.6 Å². The molecule has 0 spiro atoms. The molecule has 2 aromatic heterocycles. The molecule has 0 aliphatic rings. The van der Waals surface area contributed by atoms with Crippen LogP contribution in [0.15, 0.2) is 115 Å². The van der Waals surface area contributed by atoms with Crippen LogP contribution in [0.1, 0.15) is 15.9 Å². The van der Waals surface area contributed by atoms with E-state index in [-0.39, 0.29) is 5.91 Å². The second kappa shape index (κ2) is 9.15. The molecule has 33 heavy (non-hydrogen) atoms. The molecule has 5 rings (SSSR count). The first-order valence-corrected chi connectivity index (χ1v) is 10.4. The third kappa shape index (κ3) is 4.47. The maximum Gasteiger partial charge on any atom is 0.275 e. The van der Waals surface area contributed by atoms with Gasteiger partial charge in [-0.3, -0.25) is 4.79 Å². The average Bonchev–Trinajstić information content (AvgIpc) is 3.57. The first-order valence-electron chi connectivity index (χ1n) is 10.4. The van der Waals surface area contributed by atoms with Gasteiger partial charge in [0.05, 0.1) is 23.8 Å². The predicted octanol–water partition coefficient (Wildman–Crippen LogP) is 4.49. The molecule has 1 N–H and O–H groups in total. The van der Waals surface area contributed by atoms with E-state index in [0.29, 0.717) is 11.3 Å². The number of rotatable bonds is 6. The lowest BCUT2D eigenvalue weighted by Crippen LogP contribution is -2.18. The molecule has 5 aromatic rings. The van der Waals surface area contributed by atoms with Crippen molar-refractivity contribution in [2.75, 3.05) is 0 Å². The topological polar surface area (TPSA) is 77.1 Å². The van der Waals surface area contributed by atoms with Crippen molar-refractivity contribution in [3.05, 3.63) is 121 Å². The highest BCUT2D eigenvalue weighted by Gasteiger charge is 2.18. The summed E-state index contributed by atoms with van der Waals surface area (Å²) in [6, 6.07) is 27.1.